The van der Waals surface area contributed by atoms with Gasteiger partial charge in [0.25, 0.3) is 0 Å². The fourth-order valence-corrected chi connectivity index (χ4v) is 2.08. The van der Waals surface area contributed by atoms with E-state index in [1.165, 1.54) is 14.2 Å². The molecule has 0 N–H and O–H groups in total. The van der Waals surface area contributed by atoms with Gasteiger partial charge in [0.2, 0.25) is 0 Å². The Morgan fingerprint density at radius 2 is 1.81 bits per heavy atom. The van der Waals surface area contributed by atoms with Crippen LogP contribution in [-0.2, 0) is 23.1 Å². The van der Waals surface area contributed by atoms with Crippen molar-refractivity contribution in [2.45, 2.75) is 19.8 Å². The molecule has 0 saturated carbocycles. The predicted molar refractivity (Wildman–Crippen MR) is 61.5 cm³/mol. The van der Waals surface area contributed by atoms with Crippen LogP contribution in [-0.4, -0.2) is 33.0 Å². The molecule has 0 bridgehead atoms. The van der Waals surface area contributed by atoms with Crippen LogP contribution in [0.15, 0.2) is 12.2 Å². The molecule has 0 aromatic carbocycles. The van der Waals surface area contributed by atoms with E-state index in [2.05, 4.69) is 6.58 Å². The smallest absolute Gasteiger partial charge is 0.333 e. The second-order valence-corrected chi connectivity index (χ2v) is 5.72. The summed E-state index contributed by atoms with van der Waals surface area (Å²) in [4.78, 5) is 11.0. The summed E-state index contributed by atoms with van der Waals surface area (Å²) in [6.45, 7) is 5.34. The molecule has 16 heavy (non-hydrogen) atoms. The lowest BCUT2D eigenvalue weighted by Gasteiger charge is -2.12. The summed E-state index contributed by atoms with van der Waals surface area (Å²) < 4.78 is 26.0. The van der Waals surface area contributed by atoms with Crippen LogP contribution in [0.3, 0.4) is 0 Å². The van der Waals surface area contributed by atoms with Crippen molar-refractivity contribution in [1.82, 2.24) is 0 Å². The molecule has 6 heteroatoms. The Labute approximate surface area is 96.3 Å². The Morgan fingerprint density at radius 3 is 2.25 bits per heavy atom. The molecule has 0 fully saturated rings. The van der Waals surface area contributed by atoms with Gasteiger partial charge in [-0.15, -0.1) is 0 Å². The molecule has 0 rings (SSSR count). The quantitative estimate of drug-likeness (QED) is 0.286. The van der Waals surface area contributed by atoms with Crippen LogP contribution in [0.1, 0.15) is 19.8 Å². The summed E-state index contributed by atoms with van der Waals surface area (Å²) in [6.07, 6.45) is 1.56. The van der Waals surface area contributed by atoms with Crippen LogP contribution in [0.25, 0.3) is 0 Å². The first-order chi connectivity index (χ1) is 7.45. The van der Waals surface area contributed by atoms with Gasteiger partial charge in [-0.1, -0.05) is 6.58 Å². The molecule has 0 aliphatic carbocycles. The zero-order valence-corrected chi connectivity index (χ0v) is 10.9. The molecular formula is C10H19O5P. The number of carbonyl (C=O) groups is 1. The first-order valence-corrected chi connectivity index (χ1v) is 6.71. The molecule has 0 amide bonds. The summed E-state index contributed by atoms with van der Waals surface area (Å²) in [7, 11) is -0.217. The van der Waals surface area contributed by atoms with Crippen molar-refractivity contribution in [3.63, 3.8) is 0 Å². The number of hydrogen-bond donors (Lipinski definition) is 0. The average Bonchev–Trinajstić information content (AvgIpc) is 2.27. The Bertz CT molecular complexity index is 279. The number of esters is 1. The monoisotopic (exact) mass is 250 g/mol. The molecule has 0 aromatic rings. The van der Waals surface area contributed by atoms with Crippen LogP contribution >= 0.6 is 7.60 Å². The minimum atomic E-state index is -2.92. The summed E-state index contributed by atoms with van der Waals surface area (Å²) in [5.41, 5.74) is 0.374. The van der Waals surface area contributed by atoms with Gasteiger partial charge in [-0.25, -0.2) is 4.79 Å². The number of hydrogen-bond acceptors (Lipinski definition) is 5. The zero-order chi connectivity index (χ0) is 12.6. The maximum Gasteiger partial charge on any atom is 0.333 e. The van der Waals surface area contributed by atoms with Gasteiger partial charge in [-0.05, 0) is 19.8 Å². The highest BCUT2D eigenvalue weighted by Crippen LogP contribution is 2.46. The lowest BCUT2D eigenvalue weighted by Crippen LogP contribution is -2.06. The molecular weight excluding hydrogens is 231 g/mol. The second-order valence-electron chi connectivity index (χ2n) is 3.32. The van der Waals surface area contributed by atoms with Crippen LogP contribution in [0.2, 0.25) is 0 Å². The van der Waals surface area contributed by atoms with Crippen molar-refractivity contribution in [2.24, 2.45) is 0 Å². The molecule has 0 aliphatic rings. The topological polar surface area (TPSA) is 61.8 Å². The minimum absolute atomic E-state index is 0.291. The number of carbonyl (C=O) groups excluding carboxylic acids is 1. The summed E-state index contributed by atoms with van der Waals surface area (Å²) in [5.74, 6) is -0.401. The standard InChI is InChI=1S/C10H19O5P/c1-9(2)10(11)15-7-5-6-8-16(12,13-3)14-4/h1,5-8H2,2-4H3. The van der Waals surface area contributed by atoms with E-state index in [9.17, 15) is 9.36 Å². The highest BCUT2D eigenvalue weighted by Gasteiger charge is 2.19. The first-order valence-electron chi connectivity index (χ1n) is 4.98. The van der Waals surface area contributed by atoms with Gasteiger partial charge in [0.1, 0.15) is 0 Å². The fraction of sp³-hybridized carbons (Fsp3) is 0.700. The molecule has 0 radical (unpaired) electrons. The molecule has 94 valence electrons. The third-order valence-corrected chi connectivity index (χ3v) is 3.94. The normalized spacial score (nSPS) is 11.2. The van der Waals surface area contributed by atoms with E-state index in [-0.39, 0.29) is 0 Å². The van der Waals surface area contributed by atoms with Crippen molar-refractivity contribution >= 4 is 13.6 Å². The van der Waals surface area contributed by atoms with E-state index in [1.807, 2.05) is 0 Å². The number of ether oxygens (including phenoxy) is 1. The van der Waals surface area contributed by atoms with E-state index in [0.29, 0.717) is 31.2 Å². The molecule has 0 atom stereocenters. The lowest BCUT2D eigenvalue weighted by atomic mass is 10.3. The fourth-order valence-electron chi connectivity index (χ4n) is 0.953. The van der Waals surface area contributed by atoms with Crippen LogP contribution in [0.4, 0.5) is 0 Å². The van der Waals surface area contributed by atoms with Gasteiger partial charge in [-0.3, -0.25) is 4.57 Å². The third-order valence-electron chi connectivity index (χ3n) is 1.96. The van der Waals surface area contributed by atoms with E-state index in [4.69, 9.17) is 13.8 Å². The van der Waals surface area contributed by atoms with Gasteiger partial charge in [0, 0.05) is 19.8 Å². The first kappa shape index (κ1) is 15.4. The number of rotatable bonds is 8. The maximum absolute atomic E-state index is 11.6. The van der Waals surface area contributed by atoms with Crippen molar-refractivity contribution in [3.8, 4) is 0 Å². The van der Waals surface area contributed by atoms with Crippen LogP contribution in [0, 0.1) is 0 Å². The maximum atomic E-state index is 11.6. The van der Waals surface area contributed by atoms with E-state index in [1.54, 1.807) is 6.92 Å². The van der Waals surface area contributed by atoms with Crippen LogP contribution in [0.5, 0.6) is 0 Å². The summed E-state index contributed by atoms with van der Waals surface area (Å²) >= 11 is 0. The molecule has 0 spiro atoms. The molecule has 5 nitrogen and oxygen atoms in total. The van der Waals surface area contributed by atoms with Gasteiger partial charge < -0.3 is 13.8 Å². The van der Waals surface area contributed by atoms with E-state index < -0.39 is 13.6 Å². The van der Waals surface area contributed by atoms with Crippen molar-refractivity contribution in [2.75, 3.05) is 27.0 Å². The minimum Gasteiger partial charge on any atom is -0.462 e. The summed E-state index contributed by atoms with van der Waals surface area (Å²) in [5, 5.41) is 0. The van der Waals surface area contributed by atoms with Gasteiger partial charge >= 0.3 is 13.6 Å². The largest absolute Gasteiger partial charge is 0.462 e. The Balaban J connectivity index is 3.65. The van der Waals surface area contributed by atoms with Gasteiger partial charge in [0.15, 0.2) is 0 Å². The third kappa shape index (κ3) is 6.05. The summed E-state index contributed by atoms with van der Waals surface area (Å²) in [6, 6.07) is 0. The molecule has 0 aromatic heterocycles. The van der Waals surface area contributed by atoms with Gasteiger partial charge in [-0.2, -0.15) is 0 Å². The Hall–Kier alpha value is -0.640. The Morgan fingerprint density at radius 1 is 1.25 bits per heavy atom. The van der Waals surface area contributed by atoms with Crippen LogP contribution < -0.4 is 0 Å². The molecule has 0 heterocycles. The van der Waals surface area contributed by atoms with Crippen molar-refractivity contribution < 1.29 is 23.1 Å². The second kappa shape index (κ2) is 7.60. The number of unbranched alkanes of at least 4 members (excludes halogenated alkanes) is 1. The predicted octanol–water partition coefficient (Wildman–Crippen LogP) is 2.37. The molecule has 0 saturated heterocycles. The zero-order valence-electron chi connectivity index (χ0n) is 10.0. The molecule has 0 unspecified atom stereocenters. The Kier molecular flexibility index (Phi) is 7.30. The average molecular weight is 250 g/mol. The van der Waals surface area contributed by atoms with Crippen molar-refractivity contribution in [3.05, 3.63) is 12.2 Å². The van der Waals surface area contributed by atoms with E-state index >= 15 is 0 Å². The van der Waals surface area contributed by atoms with Crippen molar-refractivity contribution in [1.29, 1.82) is 0 Å². The molecule has 0 aliphatic heterocycles. The lowest BCUT2D eigenvalue weighted by molar-refractivity contribution is -0.139. The highest BCUT2D eigenvalue weighted by molar-refractivity contribution is 7.53. The highest BCUT2D eigenvalue weighted by atomic mass is 31.2. The van der Waals surface area contributed by atoms with Gasteiger partial charge in [0.05, 0.1) is 12.8 Å². The van der Waals surface area contributed by atoms with E-state index in [0.717, 1.165) is 0 Å². The SMILES string of the molecule is C=C(C)C(=O)OCCCCP(=O)(OC)OC.